The highest BCUT2D eigenvalue weighted by molar-refractivity contribution is 8.01. The lowest BCUT2D eigenvalue weighted by Gasteiger charge is -2.49. The first-order valence-electron chi connectivity index (χ1n) is 24.3. The summed E-state index contributed by atoms with van der Waals surface area (Å²) in [5.74, 6) is -7.71. The second-order valence-electron chi connectivity index (χ2n) is 17.4. The van der Waals surface area contributed by atoms with Crippen LogP contribution in [-0.4, -0.2) is 112 Å². The van der Waals surface area contributed by atoms with E-state index >= 15 is 0 Å². The molecule has 3 amide bonds. The molecule has 9 rings (SSSR count). The first kappa shape index (κ1) is 56.3. The van der Waals surface area contributed by atoms with E-state index in [0.717, 1.165) is 55.1 Å². The van der Waals surface area contributed by atoms with Gasteiger partial charge in [0.15, 0.2) is 29.4 Å². The van der Waals surface area contributed by atoms with Crippen LogP contribution in [0.5, 0.6) is 11.5 Å². The van der Waals surface area contributed by atoms with Gasteiger partial charge in [0.05, 0.1) is 5.56 Å². The molecule has 0 unspecified atom stereocenters. The Hall–Kier alpha value is -9.46. The number of rotatable bonds is 21. The van der Waals surface area contributed by atoms with E-state index in [1.54, 1.807) is 48.5 Å². The number of oxime groups is 1. The molecule has 2 aromatic heterocycles. The van der Waals surface area contributed by atoms with Crippen molar-refractivity contribution in [2.24, 2.45) is 5.16 Å². The molecule has 7 aromatic rings. The van der Waals surface area contributed by atoms with Crippen molar-refractivity contribution in [1.82, 2.24) is 35.4 Å². The maximum absolute atomic E-state index is 14.9. The molecule has 2 N–H and O–H groups in total. The zero-order valence-corrected chi connectivity index (χ0v) is 44.9. The maximum Gasteiger partial charge on any atom is 0.365 e. The van der Waals surface area contributed by atoms with E-state index in [2.05, 4.69) is 36.3 Å². The number of hydrogen-bond donors (Lipinski definition) is 2. The second-order valence-corrected chi connectivity index (χ2v) is 19.7. The van der Waals surface area contributed by atoms with Gasteiger partial charge in [0, 0.05) is 25.4 Å². The van der Waals surface area contributed by atoms with Crippen molar-refractivity contribution < 1.29 is 66.6 Å². The van der Waals surface area contributed by atoms with Crippen LogP contribution < -0.4 is 20.1 Å². The number of anilines is 1. The summed E-state index contributed by atoms with van der Waals surface area (Å²) >= 11 is 7.94. The summed E-state index contributed by atoms with van der Waals surface area (Å²) in [6.45, 7) is 1.82. The second kappa shape index (κ2) is 26.0. The molecular formula is C55H44ClN9O14S2. The van der Waals surface area contributed by atoms with Crippen LogP contribution in [0, 0.1) is 0 Å². The lowest BCUT2D eigenvalue weighted by Crippen LogP contribution is -2.71. The Kier molecular flexibility index (Phi) is 18.1. The van der Waals surface area contributed by atoms with Crippen molar-refractivity contribution in [2.45, 2.75) is 49.2 Å². The molecule has 81 heavy (non-hydrogen) atoms. The third kappa shape index (κ3) is 13.7. The summed E-state index contributed by atoms with van der Waals surface area (Å²) in [5, 5.41) is 19.9. The van der Waals surface area contributed by atoms with Crippen LogP contribution >= 0.6 is 35.1 Å². The van der Waals surface area contributed by atoms with Gasteiger partial charge in [-0.2, -0.15) is 4.98 Å². The monoisotopic (exact) mass is 1150 g/mol. The van der Waals surface area contributed by atoms with Gasteiger partial charge in [0.2, 0.25) is 11.1 Å². The lowest BCUT2D eigenvalue weighted by molar-refractivity contribution is -0.154. The zero-order chi connectivity index (χ0) is 57.0. The number of tetrazole rings is 1. The molecule has 5 aromatic carbocycles. The molecule has 1 fully saturated rings. The minimum atomic E-state index is -1.34. The SMILES string of the molecule is CC(=O)Oc1ccc(C(=O)ON=C(C(=O)N[C@@H]2C(=O)N3C(C(=O)OC(c4ccccc4)c4ccccc4)=C(CSc4nnnn4CC(=O)OC(c4ccccc4)c4ccccc4)CS[C@@H]23)c2coc(NC(=O)CCl)n2)cc1OC(C)=O. The van der Waals surface area contributed by atoms with Crippen molar-refractivity contribution in [3.05, 3.63) is 191 Å². The number of nitrogens with one attached hydrogen (secondary N) is 2. The highest BCUT2D eigenvalue weighted by atomic mass is 35.5. The smallest absolute Gasteiger partial charge is 0.365 e. The molecule has 0 aliphatic carbocycles. The number of oxazole rings is 1. The highest BCUT2D eigenvalue weighted by Gasteiger charge is 2.55. The van der Waals surface area contributed by atoms with Crippen LogP contribution in [0.3, 0.4) is 0 Å². The first-order valence-corrected chi connectivity index (χ1v) is 26.9. The maximum atomic E-state index is 14.9. The fraction of sp³-hybridized carbons (Fsp3) is 0.182. The van der Waals surface area contributed by atoms with Gasteiger partial charge in [-0.1, -0.05) is 138 Å². The van der Waals surface area contributed by atoms with Gasteiger partial charge in [-0.25, -0.2) is 14.3 Å². The van der Waals surface area contributed by atoms with Crippen LogP contribution in [-0.2, 0) is 54.4 Å². The van der Waals surface area contributed by atoms with E-state index in [1.807, 2.05) is 72.8 Å². The highest BCUT2D eigenvalue weighted by Crippen LogP contribution is 2.43. The van der Waals surface area contributed by atoms with E-state index in [1.165, 1.54) is 27.4 Å². The summed E-state index contributed by atoms with van der Waals surface area (Å²) < 4.78 is 29.1. The molecule has 0 saturated carbocycles. The molecule has 2 aliphatic heterocycles. The Morgan fingerprint density at radius 2 is 1.36 bits per heavy atom. The van der Waals surface area contributed by atoms with Crippen LogP contribution in [0.15, 0.2) is 172 Å². The Bertz CT molecular complexity index is 3490. The average molecular weight is 1150 g/mol. The van der Waals surface area contributed by atoms with E-state index in [9.17, 15) is 38.4 Å². The molecule has 2 aliphatic rings. The Labute approximate surface area is 473 Å². The number of esters is 4. The minimum Gasteiger partial charge on any atom is -0.451 e. The van der Waals surface area contributed by atoms with E-state index in [-0.39, 0.29) is 51.7 Å². The largest absolute Gasteiger partial charge is 0.451 e. The van der Waals surface area contributed by atoms with Gasteiger partial charge in [-0.15, -0.1) is 28.5 Å². The number of nitrogens with zero attached hydrogens (tertiary/aromatic N) is 7. The summed E-state index contributed by atoms with van der Waals surface area (Å²) in [5.41, 5.74) is 1.71. The molecule has 26 heteroatoms. The molecule has 0 bridgehead atoms. The predicted molar refractivity (Wildman–Crippen MR) is 289 cm³/mol. The van der Waals surface area contributed by atoms with Gasteiger partial charge in [0.25, 0.3) is 11.8 Å². The molecule has 412 valence electrons. The number of β-lactam (4-membered cyclic amide) rings is 1. The number of ether oxygens (including phenoxy) is 4. The number of hydrogen-bond acceptors (Lipinski definition) is 21. The summed E-state index contributed by atoms with van der Waals surface area (Å²) in [7, 11) is 0. The number of alkyl halides is 1. The van der Waals surface area contributed by atoms with Gasteiger partial charge >= 0.3 is 35.9 Å². The molecule has 2 atom stereocenters. The van der Waals surface area contributed by atoms with Crippen molar-refractivity contribution in [1.29, 1.82) is 0 Å². The van der Waals surface area contributed by atoms with Crippen molar-refractivity contribution in [3.8, 4) is 11.5 Å². The zero-order valence-electron chi connectivity index (χ0n) is 42.5. The first-order chi connectivity index (χ1) is 39.2. The molecule has 0 spiro atoms. The van der Waals surface area contributed by atoms with E-state index < -0.39 is 88.8 Å². The fourth-order valence-corrected chi connectivity index (χ4v) is 10.6. The number of benzene rings is 5. The standard InChI is InChI=1S/C55H44ClN9O14S2/c1-31(66)75-40-24-23-37(25-41(40)76-32(2)67)52(72)79-61-44(39-28-74-54(57-39)58-42(68)26-56)49(70)59-45-50(71)65-46(53(73)78-48(35-19-11-5-12-20-35)36-21-13-6-14-22-36)38(29-80-51(45)65)30-81-55-60-62-63-64(55)27-43(69)77-47(33-15-7-3-8-16-33)34-17-9-4-10-18-34/h3-25,28,45,47-48,51H,26-27,29-30H2,1-2H3,(H,59,70)(H,57,58,68)/t45-,51+/m1/s1. The summed E-state index contributed by atoms with van der Waals surface area (Å²) in [4.78, 5) is 117. The molecule has 4 heterocycles. The Morgan fingerprint density at radius 1 is 0.778 bits per heavy atom. The van der Waals surface area contributed by atoms with Crippen LogP contribution in [0.2, 0.25) is 0 Å². The summed E-state index contributed by atoms with van der Waals surface area (Å²) in [6, 6.07) is 38.1. The molecular weight excluding hydrogens is 1110 g/mol. The van der Waals surface area contributed by atoms with Crippen molar-refractivity contribution in [3.63, 3.8) is 0 Å². The number of thioether (sulfide) groups is 2. The third-order valence-corrected chi connectivity index (χ3v) is 14.4. The van der Waals surface area contributed by atoms with Crippen LogP contribution in [0.1, 0.15) is 64.4 Å². The van der Waals surface area contributed by atoms with Crippen LogP contribution in [0.4, 0.5) is 6.01 Å². The molecule has 1 saturated heterocycles. The van der Waals surface area contributed by atoms with E-state index in [0.29, 0.717) is 16.7 Å². The Morgan fingerprint density at radius 3 is 1.94 bits per heavy atom. The van der Waals surface area contributed by atoms with Crippen molar-refractivity contribution in [2.75, 3.05) is 22.7 Å². The number of fused-ring (bicyclic) bond motifs is 1. The number of halogens is 1. The fourth-order valence-electron chi connectivity index (χ4n) is 8.21. The number of carbonyl (C=O) groups is 8. The Balaban J connectivity index is 0.982. The van der Waals surface area contributed by atoms with Gasteiger partial charge in [0.1, 0.15) is 41.5 Å². The van der Waals surface area contributed by atoms with Crippen LogP contribution in [0.25, 0.3) is 0 Å². The van der Waals surface area contributed by atoms with Crippen molar-refractivity contribution >= 4 is 94.4 Å². The molecule has 23 nitrogen and oxygen atoms in total. The van der Waals surface area contributed by atoms with Gasteiger partial charge in [-0.3, -0.25) is 39.0 Å². The number of aromatic nitrogens is 5. The molecule has 0 radical (unpaired) electrons. The third-order valence-electron chi connectivity index (χ3n) is 11.8. The quantitative estimate of drug-likeness (QED) is 0.0116. The predicted octanol–water partition coefficient (Wildman–Crippen LogP) is 6.36. The van der Waals surface area contributed by atoms with Gasteiger partial charge in [-0.05, 0) is 56.5 Å². The topological polar surface area (TPSA) is 292 Å². The average Bonchev–Trinajstić information content (AvgIpc) is 3.67. The summed E-state index contributed by atoms with van der Waals surface area (Å²) in [6.07, 6.45) is -0.748. The minimum absolute atomic E-state index is 0.0180. The number of carbonyl (C=O) groups excluding carboxylic acids is 8. The van der Waals surface area contributed by atoms with Gasteiger partial charge < -0.3 is 33.5 Å². The van der Waals surface area contributed by atoms with E-state index in [4.69, 9.17) is 39.8 Å². The normalized spacial score (nSPS) is 14.8. The lowest BCUT2D eigenvalue weighted by atomic mass is 10.0. The number of amides is 3.